The van der Waals surface area contributed by atoms with E-state index in [4.69, 9.17) is 10.2 Å². The van der Waals surface area contributed by atoms with E-state index in [9.17, 15) is 10.2 Å². The van der Waals surface area contributed by atoms with E-state index in [-0.39, 0.29) is 36.5 Å². The van der Waals surface area contributed by atoms with Crippen molar-refractivity contribution >= 4 is 0 Å². The zero-order chi connectivity index (χ0) is 15.1. The van der Waals surface area contributed by atoms with Crippen LogP contribution in [-0.4, -0.2) is 33.6 Å². The molecule has 2 unspecified atom stereocenters. The number of phenols is 2. The van der Waals surface area contributed by atoms with E-state index in [1.54, 1.807) is 0 Å². The lowest BCUT2D eigenvalue weighted by atomic mass is 9.88. The average molecular weight is 282 g/mol. The van der Waals surface area contributed by atoms with Crippen LogP contribution in [0.5, 0.6) is 11.5 Å². The van der Waals surface area contributed by atoms with Crippen molar-refractivity contribution in [3.05, 3.63) is 23.3 Å². The summed E-state index contributed by atoms with van der Waals surface area (Å²) in [5.41, 5.74) is 1.61. The SMILES string of the molecule is CC(CCCO)c1cc(C(C)CCCO)c(O)cc1O. The van der Waals surface area contributed by atoms with Gasteiger partial charge in [-0.15, -0.1) is 0 Å². The molecule has 0 aliphatic carbocycles. The summed E-state index contributed by atoms with van der Waals surface area (Å²) in [6, 6.07) is 3.25. The van der Waals surface area contributed by atoms with Gasteiger partial charge < -0.3 is 20.4 Å². The van der Waals surface area contributed by atoms with Gasteiger partial charge >= 0.3 is 0 Å². The van der Waals surface area contributed by atoms with Gasteiger partial charge in [-0.25, -0.2) is 0 Å². The smallest absolute Gasteiger partial charge is 0.122 e. The largest absolute Gasteiger partial charge is 0.508 e. The van der Waals surface area contributed by atoms with Crippen LogP contribution in [0.4, 0.5) is 0 Å². The molecule has 0 bridgehead atoms. The van der Waals surface area contributed by atoms with Crippen LogP contribution in [-0.2, 0) is 0 Å². The number of phenolic OH excluding ortho intramolecular Hbond substituents is 2. The molecule has 0 radical (unpaired) electrons. The highest BCUT2D eigenvalue weighted by molar-refractivity contribution is 5.47. The maximum atomic E-state index is 9.98. The summed E-state index contributed by atoms with van der Waals surface area (Å²) in [6.07, 6.45) is 2.96. The maximum Gasteiger partial charge on any atom is 0.122 e. The van der Waals surface area contributed by atoms with E-state index in [1.807, 2.05) is 19.9 Å². The van der Waals surface area contributed by atoms with Crippen molar-refractivity contribution in [2.45, 2.75) is 51.4 Å². The van der Waals surface area contributed by atoms with Gasteiger partial charge in [0, 0.05) is 19.3 Å². The van der Waals surface area contributed by atoms with Gasteiger partial charge in [0.25, 0.3) is 0 Å². The lowest BCUT2D eigenvalue weighted by Crippen LogP contribution is -2.01. The zero-order valence-corrected chi connectivity index (χ0v) is 12.3. The van der Waals surface area contributed by atoms with E-state index in [2.05, 4.69) is 0 Å². The van der Waals surface area contributed by atoms with Crippen LogP contribution in [0, 0.1) is 0 Å². The van der Waals surface area contributed by atoms with Crippen LogP contribution in [0.1, 0.15) is 62.5 Å². The van der Waals surface area contributed by atoms with E-state index in [0.29, 0.717) is 12.8 Å². The molecule has 114 valence electrons. The van der Waals surface area contributed by atoms with Crippen molar-refractivity contribution in [3.63, 3.8) is 0 Å². The third-order valence-electron chi connectivity index (χ3n) is 3.83. The Morgan fingerprint density at radius 1 is 0.800 bits per heavy atom. The Labute approximate surface area is 120 Å². The molecule has 0 amide bonds. The Morgan fingerprint density at radius 2 is 1.20 bits per heavy atom. The predicted octanol–water partition coefficient (Wildman–Crippen LogP) is 2.85. The fourth-order valence-corrected chi connectivity index (χ4v) is 2.51. The van der Waals surface area contributed by atoms with Crippen LogP contribution < -0.4 is 0 Å². The molecule has 4 N–H and O–H groups in total. The van der Waals surface area contributed by atoms with Crippen molar-refractivity contribution < 1.29 is 20.4 Å². The Bertz CT molecular complexity index is 382. The molecule has 2 atom stereocenters. The number of rotatable bonds is 8. The summed E-state index contributed by atoms with van der Waals surface area (Å²) in [5.74, 6) is 0.468. The standard InChI is InChI=1S/C16H26O4/c1-11(5-3-7-17)13-9-14(12(2)6-4-8-18)16(20)10-15(13)19/h9-12,17-20H,3-8H2,1-2H3. The molecule has 0 aliphatic heterocycles. The third kappa shape index (κ3) is 4.39. The first kappa shape index (κ1) is 16.8. The normalized spacial score (nSPS) is 14.2. The molecular weight excluding hydrogens is 256 g/mol. The number of benzene rings is 1. The van der Waals surface area contributed by atoms with E-state index < -0.39 is 0 Å². The summed E-state index contributed by atoms with van der Waals surface area (Å²) >= 11 is 0. The van der Waals surface area contributed by atoms with Crippen molar-refractivity contribution in [2.24, 2.45) is 0 Å². The molecule has 0 spiro atoms. The number of aliphatic hydroxyl groups excluding tert-OH is 2. The van der Waals surface area contributed by atoms with Crippen LogP contribution >= 0.6 is 0 Å². The van der Waals surface area contributed by atoms with Gasteiger partial charge in [0.1, 0.15) is 11.5 Å². The Balaban J connectivity index is 2.96. The first-order chi connectivity index (χ1) is 9.51. The highest BCUT2D eigenvalue weighted by Gasteiger charge is 2.17. The van der Waals surface area contributed by atoms with Crippen LogP contribution in [0.25, 0.3) is 0 Å². The first-order valence-corrected chi connectivity index (χ1v) is 7.28. The molecule has 1 rings (SSSR count). The molecule has 1 aromatic carbocycles. The Hall–Kier alpha value is -1.26. The molecule has 4 nitrogen and oxygen atoms in total. The van der Waals surface area contributed by atoms with Crippen molar-refractivity contribution in [3.8, 4) is 11.5 Å². The first-order valence-electron chi connectivity index (χ1n) is 7.28. The van der Waals surface area contributed by atoms with Gasteiger partial charge in [0.15, 0.2) is 0 Å². The minimum absolute atomic E-state index is 0.103. The second kappa shape index (κ2) is 8.12. The van der Waals surface area contributed by atoms with E-state index in [1.165, 1.54) is 6.07 Å². The van der Waals surface area contributed by atoms with E-state index >= 15 is 0 Å². The predicted molar refractivity (Wildman–Crippen MR) is 79.2 cm³/mol. The summed E-state index contributed by atoms with van der Waals surface area (Å²) in [6.45, 7) is 4.29. The van der Waals surface area contributed by atoms with Gasteiger partial charge in [0.2, 0.25) is 0 Å². The molecule has 20 heavy (non-hydrogen) atoms. The molecule has 1 aromatic rings. The lowest BCUT2D eigenvalue weighted by Gasteiger charge is -2.19. The Morgan fingerprint density at radius 3 is 1.55 bits per heavy atom. The summed E-state index contributed by atoms with van der Waals surface area (Å²) in [7, 11) is 0. The van der Waals surface area contributed by atoms with Crippen LogP contribution in [0.3, 0.4) is 0 Å². The summed E-state index contributed by atoms with van der Waals surface area (Å²) in [5, 5.41) is 37.7. The topological polar surface area (TPSA) is 80.9 Å². The fraction of sp³-hybridized carbons (Fsp3) is 0.625. The highest BCUT2D eigenvalue weighted by Crippen LogP contribution is 2.38. The quantitative estimate of drug-likeness (QED) is 0.591. The zero-order valence-electron chi connectivity index (χ0n) is 12.3. The monoisotopic (exact) mass is 282 g/mol. The van der Waals surface area contributed by atoms with Crippen LogP contribution in [0.15, 0.2) is 12.1 Å². The molecule has 0 saturated heterocycles. The summed E-state index contributed by atoms with van der Waals surface area (Å²) in [4.78, 5) is 0. The molecular formula is C16H26O4. The van der Waals surface area contributed by atoms with Gasteiger partial charge in [-0.3, -0.25) is 0 Å². The van der Waals surface area contributed by atoms with Gasteiger partial charge in [-0.2, -0.15) is 0 Å². The van der Waals surface area contributed by atoms with Crippen molar-refractivity contribution in [1.29, 1.82) is 0 Å². The average Bonchev–Trinajstić information content (AvgIpc) is 2.42. The molecule has 0 fully saturated rings. The number of hydrogen-bond donors (Lipinski definition) is 4. The second-order valence-electron chi connectivity index (χ2n) is 5.50. The molecule has 0 aliphatic rings. The third-order valence-corrected chi connectivity index (χ3v) is 3.83. The number of hydrogen-bond acceptors (Lipinski definition) is 4. The minimum atomic E-state index is 0.103. The fourth-order valence-electron chi connectivity index (χ4n) is 2.51. The molecule has 4 heteroatoms. The van der Waals surface area contributed by atoms with Crippen LogP contribution in [0.2, 0.25) is 0 Å². The maximum absolute atomic E-state index is 9.98. The molecule has 0 aromatic heterocycles. The van der Waals surface area contributed by atoms with Crippen molar-refractivity contribution in [1.82, 2.24) is 0 Å². The second-order valence-corrected chi connectivity index (χ2v) is 5.50. The van der Waals surface area contributed by atoms with Gasteiger partial charge in [0.05, 0.1) is 0 Å². The number of aromatic hydroxyl groups is 2. The summed E-state index contributed by atoms with van der Waals surface area (Å²) < 4.78 is 0. The van der Waals surface area contributed by atoms with Crippen molar-refractivity contribution in [2.75, 3.05) is 13.2 Å². The molecule has 0 saturated carbocycles. The minimum Gasteiger partial charge on any atom is -0.508 e. The van der Waals surface area contributed by atoms with Gasteiger partial charge in [-0.1, -0.05) is 13.8 Å². The van der Waals surface area contributed by atoms with E-state index in [0.717, 1.165) is 24.0 Å². The lowest BCUT2D eigenvalue weighted by molar-refractivity contribution is 0.279. The highest BCUT2D eigenvalue weighted by atomic mass is 16.3. The molecule has 0 heterocycles. The Kier molecular flexibility index (Phi) is 6.82. The van der Waals surface area contributed by atoms with Gasteiger partial charge in [-0.05, 0) is 54.7 Å². The number of aliphatic hydroxyl groups is 2.